The summed E-state index contributed by atoms with van der Waals surface area (Å²) in [6.07, 6.45) is 0. The van der Waals surface area contributed by atoms with Gasteiger partial charge in [-0.3, -0.25) is 24.0 Å². The van der Waals surface area contributed by atoms with Gasteiger partial charge < -0.3 is 4.57 Å². The SMILES string of the molecule is Cn1c(=O)c2c(nc(Sc3nnc(NC(=O)c4ccc(F)cc4)s3)n2C)n(C)c1=O. The van der Waals surface area contributed by atoms with Crippen molar-refractivity contribution in [1.82, 2.24) is 28.9 Å². The average molecular weight is 447 g/mol. The number of hydrogen-bond donors (Lipinski definition) is 1. The maximum atomic E-state index is 13.0. The largest absolute Gasteiger partial charge is 0.332 e. The summed E-state index contributed by atoms with van der Waals surface area (Å²) in [4.78, 5) is 41.2. The van der Waals surface area contributed by atoms with E-state index < -0.39 is 23.0 Å². The van der Waals surface area contributed by atoms with E-state index >= 15 is 0 Å². The Kier molecular flexibility index (Phi) is 4.99. The molecule has 0 aliphatic carbocycles. The molecule has 0 atom stereocenters. The number of carbonyl (C=O) groups is 1. The minimum absolute atomic E-state index is 0.258. The van der Waals surface area contributed by atoms with Crippen molar-refractivity contribution in [2.45, 2.75) is 9.50 Å². The van der Waals surface area contributed by atoms with Crippen LogP contribution in [0.4, 0.5) is 9.52 Å². The first kappa shape index (κ1) is 20.0. The van der Waals surface area contributed by atoms with Gasteiger partial charge in [0.1, 0.15) is 5.82 Å². The Balaban J connectivity index is 1.60. The van der Waals surface area contributed by atoms with Crippen molar-refractivity contribution in [3.8, 4) is 0 Å². The van der Waals surface area contributed by atoms with Gasteiger partial charge in [-0.05, 0) is 36.0 Å². The molecule has 0 saturated heterocycles. The lowest BCUT2D eigenvalue weighted by molar-refractivity contribution is 0.102. The number of fused-ring (bicyclic) bond motifs is 1. The summed E-state index contributed by atoms with van der Waals surface area (Å²) in [6.45, 7) is 0. The van der Waals surface area contributed by atoms with Crippen molar-refractivity contribution in [2.24, 2.45) is 21.1 Å². The van der Waals surface area contributed by atoms with Crippen LogP contribution >= 0.6 is 23.1 Å². The summed E-state index contributed by atoms with van der Waals surface area (Å²) in [5.74, 6) is -0.875. The molecular formula is C17H14FN7O3S2. The summed E-state index contributed by atoms with van der Waals surface area (Å²) >= 11 is 2.26. The van der Waals surface area contributed by atoms with Crippen LogP contribution in [0.1, 0.15) is 10.4 Å². The molecule has 30 heavy (non-hydrogen) atoms. The van der Waals surface area contributed by atoms with E-state index in [4.69, 9.17) is 0 Å². The fraction of sp³-hybridized carbons (Fsp3) is 0.176. The number of carbonyl (C=O) groups excluding carboxylic acids is 1. The number of halogens is 1. The highest BCUT2D eigenvalue weighted by Gasteiger charge is 2.19. The molecule has 154 valence electrons. The highest BCUT2D eigenvalue weighted by molar-refractivity contribution is 8.01. The number of aromatic nitrogens is 6. The summed E-state index contributed by atoms with van der Waals surface area (Å²) in [5, 5.41) is 11.2. The van der Waals surface area contributed by atoms with Gasteiger partial charge >= 0.3 is 5.69 Å². The molecule has 0 spiro atoms. The van der Waals surface area contributed by atoms with Crippen LogP contribution in [-0.4, -0.2) is 34.8 Å². The Bertz CT molecular complexity index is 1400. The number of benzene rings is 1. The first-order chi connectivity index (χ1) is 14.3. The Morgan fingerprint density at radius 3 is 2.47 bits per heavy atom. The molecule has 0 unspecified atom stereocenters. The Morgan fingerprint density at radius 1 is 1.07 bits per heavy atom. The Labute approximate surface area is 176 Å². The normalized spacial score (nSPS) is 11.2. The quantitative estimate of drug-likeness (QED) is 0.470. The molecule has 13 heteroatoms. The van der Waals surface area contributed by atoms with Crippen molar-refractivity contribution < 1.29 is 9.18 Å². The van der Waals surface area contributed by atoms with E-state index in [1.54, 1.807) is 18.7 Å². The number of amides is 1. The highest BCUT2D eigenvalue weighted by Crippen LogP contribution is 2.32. The predicted molar refractivity (Wildman–Crippen MR) is 110 cm³/mol. The fourth-order valence-electron chi connectivity index (χ4n) is 2.74. The van der Waals surface area contributed by atoms with Crippen LogP contribution in [0.25, 0.3) is 11.2 Å². The number of aryl methyl sites for hydroxylation is 2. The zero-order chi connectivity index (χ0) is 21.6. The topological polar surface area (TPSA) is 117 Å². The molecule has 3 aromatic heterocycles. The lowest BCUT2D eigenvalue weighted by Crippen LogP contribution is -2.37. The Hall–Kier alpha value is -3.32. The van der Waals surface area contributed by atoms with Gasteiger partial charge in [-0.15, -0.1) is 10.2 Å². The third kappa shape index (κ3) is 3.41. The molecule has 0 fully saturated rings. The van der Waals surface area contributed by atoms with Gasteiger partial charge in [-0.1, -0.05) is 11.3 Å². The van der Waals surface area contributed by atoms with Crippen LogP contribution in [0.2, 0.25) is 0 Å². The number of nitrogens with one attached hydrogen (secondary N) is 1. The van der Waals surface area contributed by atoms with Crippen LogP contribution in [-0.2, 0) is 21.1 Å². The number of hydrogen-bond acceptors (Lipinski definition) is 8. The van der Waals surface area contributed by atoms with E-state index in [2.05, 4.69) is 20.5 Å². The molecule has 0 aliphatic rings. The standard InChI is InChI=1S/C17H14FN7O3S2/c1-23-10-11(24(2)17(28)25(3)13(10)27)19-15(23)30-16-22-21-14(29-16)20-12(26)8-4-6-9(18)7-5-8/h4-7H,1-3H3,(H,20,21,26). The number of nitrogens with zero attached hydrogens (tertiary/aromatic N) is 6. The molecule has 1 N–H and O–H groups in total. The molecule has 0 aliphatic heterocycles. The number of rotatable bonds is 4. The molecular weight excluding hydrogens is 433 g/mol. The molecule has 0 bridgehead atoms. The van der Waals surface area contributed by atoms with Gasteiger partial charge in [0.15, 0.2) is 20.7 Å². The van der Waals surface area contributed by atoms with Crippen molar-refractivity contribution in [2.75, 3.05) is 5.32 Å². The average Bonchev–Trinajstić information content (AvgIpc) is 3.30. The minimum atomic E-state index is -0.469. The van der Waals surface area contributed by atoms with Crippen LogP contribution in [0, 0.1) is 5.82 Å². The van der Waals surface area contributed by atoms with E-state index in [-0.39, 0.29) is 21.9 Å². The molecule has 1 aromatic carbocycles. The first-order valence-corrected chi connectivity index (χ1v) is 10.1. The summed E-state index contributed by atoms with van der Waals surface area (Å²) in [7, 11) is 4.62. The van der Waals surface area contributed by atoms with E-state index in [9.17, 15) is 18.8 Å². The fourth-order valence-corrected chi connectivity index (χ4v) is 4.44. The van der Waals surface area contributed by atoms with Gasteiger partial charge in [0.25, 0.3) is 11.5 Å². The molecule has 3 heterocycles. The smallest absolute Gasteiger partial charge is 0.316 e. The van der Waals surface area contributed by atoms with E-state index in [0.717, 1.165) is 27.7 Å². The molecule has 10 nitrogen and oxygen atoms in total. The van der Waals surface area contributed by atoms with Gasteiger partial charge in [0.2, 0.25) is 5.13 Å². The van der Waals surface area contributed by atoms with E-state index in [0.29, 0.717) is 9.50 Å². The number of anilines is 1. The maximum Gasteiger partial charge on any atom is 0.332 e. The van der Waals surface area contributed by atoms with Gasteiger partial charge in [0.05, 0.1) is 0 Å². The van der Waals surface area contributed by atoms with Crippen molar-refractivity contribution in [1.29, 1.82) is 0 Å². The van der Waals surface area contributed by atoms with Crippen molar-refractivity contribution >= 4 is 45.3 Å². The lowest BCUT2D eigenvalue weighted by atomic mass is 10.2. The summed E-state index contributed by atoms with van der Waals surface area (Å²) < 4.78 is 17.4. The van der Waals surface area contributed by atoms with E-state index in [1.807, 2.05) is 0 Å². The monoisotopic (exact) mass is 447 g/mol. The zero-order valence-electron chi connectivity index (χ0n) is 15.9. The van der Waals surface area contributed by atoms with Gasteiger partial charge in [0, 0.05) is 26.7 Å². The predicted octanol–water partition coefficient (Wildman–Crippen LogP) is 1.36. The number of imidazole rings is 1. The van der Waals surface area contributed by atoms with Crippen LogP contribution in [0.15, 0.2) is 43.4 Å². The molecule has 1 amide bonds. The summed E-state index contributed by atoms with van der Waals surface area (Å²) in [6, 6.07) is 5.12. The molecule has 4 rings (SSSR count). The van der Waals surface area contributed by atoms with Crippen molar-refractivity contribution in [3.63, 3.8) is 0 Å². The third-order valence-corrected chi connectivity index (χ3v) is 6.28. The minimum Gasteiger partial charge on any atom is -0.316 e. The van der Waals surface area contributed by atoms with Gasteiger partial charge in [-0.2, -0.15) is 0 Å². The Morgan fingerprint density at radius 2 is 1.77 bits per heavy atom. The van der Waals surface area contributed by atoms with Crippen molar-refractivity contribution in [3.05, 3.63) is 56.5 Å². The molecule has 0 saturated carbocycles. The lowest BCUT2D eigenvalue weighted by Gasteiger charge is -2.03. The molecule has 0 radical (unpaired) electrons. The van der Waals surface area contributed by atoms with Crippen LogP contribution < -0.4 is 16.6 Å². The molecule has 4 aromatic rings. The van der Waals surface area contributed by atoms with Crippen LogP contribution in [0.5, 0.6) is 0 Å². The van der Waals surface area contributed by atoms with Gasteiger partial charge in [-0.25, -0.2) is 14.2 Å². The summed E-state index contributed by atoms with van der Waals surface area (Å²) in [5.41, 5.74) is -0.0739. The second-order valence-corrected chi connectivity index (χ2v) is 8.46. The highest BCUT2D eigenvalue weighted by atomic mass is 32.2. The first-order valence-electron chi connectivity index (χ1n) is 8.47. The zero-order valence-corrected chi connectivity index (χ0v) is 17.5. The third-order valence-electron chi connectivity index (χ3n) is 4.35. The maximum absolute atomic E-state index is 13.0. The second kappa shape index (κ2) is 7.50. The second-order valence-electron chi connectivity index (χ2n) is 6.27. The van der Waals surface area contributed by atoms with Crippen LogP contribution in [0.3, 0.4) is 0 Å². The van der Waals surface area contributed by atoms with E-state index in [1.165, 1.54) is 35.9 Å².